The third kappa shape index (κ3) is 2.57. The van der Waals surface area contributed by atoms with Gasteiger partial charge in [-0.3, -0.25) is 9.59 Å². The molecule has 0 aliphatic rings. The van der Waals surface area contributed by atoms with E-state index in [-0.39, 0.29) is 12.0 Å². The fraction of sp³-hybridized carbons (Fsp3) is 0. The van der Waals surface area contributed by atoms with Gasteiger partial charge in [-0.1, -0.05) is 24.8 Å². The number of carbonyl (C=O) groups excluding carboxylic acids is 1. The largest absolute Gasteiger partial charge is 0.372 e. The molecule has 1 aromatic heterocycles. The number of hydrogen-bond donors (Lipinski definition) is 2. The molecule has 1 heterocycles. The highest BCUT2D eigenvalue weighted by molar-refractivity contribution is 5.87. The summed E-state index contributed by atoms with van der Waals surface area (Å²) in [5, 5.41) is 1.03. The van der Waals surface area contributed by atoms with Crippen LogP contribution in [0.3, 0.4) is 0 Å². The first-order valence-electron chi connectivity index (χ1n) is 4.62. The van der Waals surface area contributed by atoms with Gasteiger partial charge in [0.15, 0.2) is 0 Å². The van der Waals surface area contributed by atoms with E-state index in [2.05, 4.69) is 17.3 Å². The molecular formula is C12H12N2O2. The van der Waals surface area contributed by atoms with Crippen LogP contribution in [0.1, 0.15) is 5.56 Å². The quantitative estimate of drug-likeness (QED) is 0.704. The Morgan fingerprint density at radius 3 is 2.56 bits per heavy atom. The molecule has 16 heavy (non-hydrogen) atoms. The number of amides is 1. The van der Waals surface area contributed by atoms with E-state index in [1.807, 2.05) is 24.3 Å². The second kappa shape index (κ2) is 5.50. The first-order valence-corrected chi connectivity index (χ1v) is 4.62. The maximum atomic E-state index is 11.0. The molecule has 2 aromatic rings. The van der Waals surface area contributed by atoms with E-state index in [9.17, 15) is 4.79 Å². The highest BCUT2D eigenvalue weighted by atomic mass is 16.1. The summed E-state index contributed by atoms with van der Waals surface area (Å²) in [6, 6.07) is 9.08. The lowest BCUT2D eigenvalue weighted by Gasteiger charge is -1.99. The Kier molecular flexibility index (Phi) is 4.03. The zero-order valence-electron chi connectivity index (χ0n) is 8.64. The summed E-state index contributed by atoms with van der Waals surface area (Å²) in [5.41, 5.74) is 5.98. The number of primary amides is 1. The van der Waals surface area contributed by atoms with Crippen molar-refractivity contribution in [1.82, 2.24) is 4.98 Å². The number of carbonyl (C=O) groups is 1. The molecule has 0 saturated heterocycles. The van der Waals surface area contributed by atoms with Crippen molar-refractivity contribution in [1.29, 1.82) is 0 Å². The highest BCUT2D eigenvalue weighted by Crippen LogP contribution is 2.15. The second-order valence-electron chi connectivity index (χ2n) is 2.97. The summed E-state index contributed by atoms with van der Waals surface area (Å²) >= 11 is 0. The van der Waals surface area contributed by atoms with Crippen molar-refractivity contribution in [3.05, 3.63) is 52.8 Å². The van der Waals surface area contributed by atoms with Crippen LogP contribution in [0, 0.1) is 0 Å². The van der Waals surface area contributed by atoms with E-state index in [0.717, 1.165) is 16.5 Å². The van der Waals surface area contributed by atoms with Gasteiger partial charge in [0.2, 0.25) is 12.0 Å². The number of nitrogens with one attached hydrogen (secondary N) is 1. The van der Waals surface area contributed by atoms with Crippen LogP contribution in [0.25, 0.3) is 17.0 Å². The predicted octanol–water partition coefficient (Wildman–Crippen LogP) is 1.27. The molecule has 3 N–H and O–H groups in total. The number of hydrogen-bond acceptors (Lipinski definition) is 2. The molecule has 0 radical (unpaired) electrons. The van der Waals surface area contributed by atoms with Crippen LogP contribution >= 0.6 is 0 Å². The molecule has 0 unspecified atom stereocenters. The molecule has 4 heteroatoms. The summed E-state index contributed by atoms with van der Waals surface area (Å²) in [5.74, 6) is 0. The van der Waals surface area contributed by atoms with Gasteiger partial charge in [0.05, 0.1) is 0 Å². The lowest BCUT2D eigenvalue weighted by Crippen LogP contribution is -2.02. The minimum absolute atomic E-state index is 0.0753. The first-order chi connectivity index (χ1) is 7.72. The minimum atomic E-state index is -0.0753. The smallest absolute Gasteiger partial charge is 0.248 e. The average Bonchev–Trinajstić information content (AvgIpc) is 2.28. The van der Waals surface area contributed by atoms with Crippen LogP contribution in [0.2, 0.25) is 0 Å². The van der Waals surface area contributed by atoms with Crippen molar-refractivity contribution in [2.45, 2.75) is 0 Å². The van der Waals surface area contributed by atoms with E-state index in [0.29, 0.717) is 0 Å². The number of benzene rings is 1. The van der Waals surface area contributed by atoms with E-state index >= 15 is 0 Å². The molecule has 0 aliphatic carbocycles. The van der Waals surface area contributed by atoms with Crippen LogP contribution in [-0.4, -0.2) is 11.4 Å². The lowest BCUT2D eigenvalue weighted by atomic mass is 10.1. The van der Waals surface area contributed by atoms with Gasteiger partial charge in [-0.15, -0.1) is 0 Å². The molecule has 0 atom stereocenters. The van der Waals surface area contributed by atoms with Gasteiger partial charge in [0, 0.05) is 17.0 Å². The van der Waals surface area contributed by atoms with Crippen LogP contribution in [0.15, 0.2) is 41.7 Å². The van der Waals surface area contributed by atoms with E-state index in [1.54, 1.807) is 6.08 Å². The van der Waals surface area contributed by atoms with Crippen LogP contribution in [-0.2, 0) is 4.79 Å². The van der Waals surface area contributed by atoms with Gasteiger partial charge in [0.1, 0.15) is 0 Å². The molecule has 0 aliphatic heterocycles. The van der Waals surface area contributed by atoms with Gasteiger partial charge >= 0.3 is 0 Å². The summed E-state index contributed by atoms with van der Waals surface area (Å²) in [4.78, 5) is 22.3. The maximum Gasteiger partial charge on any atom is 0.248 e. The van der Waals surface area contributed by atoms with Crippen molar-refractivity contribution in [2.75, 3.05) is 0 Å². The molecule has 0 bridgehead atoms. The van der Waals surface area contributed by atoms with E-state index in [1.165, 1.54) is 6.07 Å². The van der Waals surface area contributed by atoms with Crippen LogP contribution in [0.5, 0.6) is 0 Å². The molecular weight excluding hydrogens is 204 g/mol. The Morgan fingerprint density at radius 1 is 1.25 bits per heavy atom. The van der Waals surface area contributed by atoms with Crippen LogP contribution < -0.4 is 11.3 Å². The number of aromatic nitrogens is 1. The molecule has 0 spiro atoms. The van der Waals surface area contributed by atoms with Gasteiger partial charge in [-0.25, -0.2) is 0 Å². The number of aromatic amines is 1. The van der Waals surface area contributed by atoms with Gasteiger partial charge in [-0.05, 0) is 17.7 Å². The molecule has 1 aromatic carbocycles. The van der Waals surface area contributed by atoms with Crippen molar-refractivity contribution in [2.24, 2.45) is 5.73 Å². The van der Waals surface area contributed by atoms with Gasteiger partial charge in [0.25, 0.3) is 0 Å². The fourth-order valence-corrected chi connectivity index (χ4v) is 1.39. The normalized spacial score (nSPS) is 9.00. The topological polar surface area (TPSA) is 75.9 Å². The molecule has 0 saturated carbocycles. The van der Waals surface area contributed by atoms with Gasteiger partial charge in [-0.2, -0.15) is 0 Å². The Labute approximate surface area is 92.4 Å². The Bertz CT molecular complexity index is 558. The van der Waals surface area contributed by atoms with Crippen molar-refractivity contribution in [3.8, 4) is 0 Å². The first kappa shape index (κ1) is 11.7. The Morgan fingerprint density at radius 2 is 1.94 bits per heavy atom. The number of rotatable bonds is 1. The Balaban J connectivity index is 0.000000386. The van der Waals surface area contributed by atoms with Crippen molar-refractivity contribution in [3.63, 3.8) is 0 Å². The Hall–Kier alpha value is -2.36. The van der Waals surface area contributed by atoms with Crippen LogP contribution in [0.4, 0.5) is 0 Å². The third-order valence-corrected chi connectivity index (χ3v) is 2.02. The summed E-state index contributed by atoms with van der Waals surface area (Å²) < 4.78 is 0. The zero-order chi connectivity index (χ0) is 12.0. The second-order valence-corrected chi connectivity index (χ2v) is 2.97. The molecule has 2 rings (SSSR count). The molecule has 82 valence electrons. The number of fused-ring (bicyclic) bond motifs is 1. The lowest BCUT2D eigenvalue weighted by molar-refractivity contribution is -0.106. The number of nitrogens with two attached hydrogens (primary N) is 1. The van der Waals surface area contributed by atoms with E-state index < -0.39 is 0 Å². The summed E-state index contributed by atoms with van der Waals surface area (Å²) in [7, 11) is 0. The molecule has 4 nitrogen and oxygen atoms in total. The van der Waals surface area contributed by atoms with Crippen molar-refractivity contribution < 1.29 is 4.79 Å². The molecule has 1 amide bonds. The molecule has 0 fully saturated rings. The number of pyridine rings is 1. The van der Waals surface area contributed by atoms with E-state index in [4.69, 9.17) is 4.79 Å². The highest BCUT2D eigenvalue weighted by Gasteiger charge is 1.96. The zero-order valence-corrected chi connectivity index (χ0v) is 8.64. The maximum absolute atomic E-state index is 11.0. The van der Waals surface area contributed by atoms with Gasteiger partial charge < -0.3 is 10.7 Å². The monoisotopic (exact) mass is 216 g/mol. The fourth-order valence-electron chi connectivity index (χ4n) is 1.39. The number of H-pyrrole nitrogens is 1. The minimum Gasteiger partial charge on any atom is -0.372 e. The van der Waals surface area contributed by atoms with Crippen molar-refractivity contribution >= 4 is 23.4 Å². The standard InChI is InChI=1S/C11H9NO.CH3NO/c1-2-8-4-3-5-10-9(8)6-7-11(13)12-10;2-1-3/h2-7H,1H2,(H,12,13);1H,(H2,2,3). The third-order valence-electron chi connectivity index (χ3n) is 2.02. The summed E-state index contributed by atoms with van der Waals surface area (Å²) in [6.07, 6.45) is 2.03. The summed E-state index contributed by atoms with van der Waals surface area (Å²) in [6.45, 7) is 3.71. The average molecular weight is 216 g/mol. The predicted molar refractivity (Wildman–Crippen MR) is 64.9 cm³/mol. The SMILES string of the molecule is C=Cc1cccc2[nH]c(=O)ccc12.NC=O.